The molecule has 0 aliphatic carbocycles. The SMILES string of the molecule is COc1cc2ccccc2cc1C(=O)NC(=S)Nc1ccc(NC(=O)c2ccc(C(C)(C)C)cc2)cc1. The minimum absolute atomic E-state index is 0.0272. The second-order valence-electron chi connectivity index (χ2n) is 9.67. The third kappa shape index (κ3) is 6.32. The summed E-state index contributed by atoms with van der Waals surface area (Å²) in [5.41, 5.74) is 3.48. The fraction of sp³-hybridized carbons (Fsp3) is 0.167. The molecule has 0 saturated carbocycles. The van der Waals surface area contributed by atoms with Gasteiger partial charge in [0, 0.05) is 16.9 Å². The van der Waals surface area contributed by atoms with Gasteiger partial charge in [0.2, 0.25) is 0 Å². The normalized spacial score (nSPS) is 11.0. The minimum Gasteiger partial charge on any atom is -0.496 e. The molecule has 0 atom stereocenters. The van der Waals surface area contributed by atoms with Crippen molar-refractivity contribution in [3.05, 3.63) is 102 Å². The van der Waals surface area contributed by atoms with Gasteiger partial charge in [-0.2, -0.15) is 0 Å². The summed E-state index contributed by atoms with van der Waals surface area (Å²) >= 11 is 5.34. The van der Waals surface area contributed by atoms with Crippen molar-refractivity contribution in [3.8, 4) is 5.75 Å². The lowest BCUT2D eigenvalue weighted by Crippen LogP contribution is -2.34. The van der Waals surface area contributed by atoms with Crippen LogP contribution in [0.15, 0.2) is 84.9 Å². The molecule has 7 heteroatoms. The molecule has 37 heavy (non-hydrogen) atoms. The molecule has 6 nitrogen and oxygen atoms in total. The summed E-state index contributed by atoms with van der Waals surface area (Å²) in [4.78, 5) is 25.5. The van der Waals surface area contributed by atoms with E-state index in [2.05, 4.69) is 36.7 Å². The van der Waals surface area contributed by atoms with Gasteiger partial charge in [0.05, 0.1) is 12.7 Å². The summed E-state index contributed by atoms with van der Waals surface area (Å²) in [6.45, 7) is 6.40. The Morgan fingerprint density at radius 3 is 1.89 bits per heavy atom. The molecule has 0 aliphatic heterocycles. The Morgan fingerprint density at radius 1 is 0.757 bits per heavy atom. The average Bonchev–Trinajstić information content (AvgIpc) is 2.88. The van der Waals surface area contributed by atoms with Crippen molar-refractivity contribution in [2.24, 2.45) is 0 Å². The van der Waals surface area contributed by atoms with Crippen LogP contribution >= 0.6 is 12.2 Å². The summed E-state index contributed by atoms with van der Waals surface area (Å²) in [6, 6.07) is 26.0. The molecular weight excluding hydrogens is 482 g/mol. The number of nitrogens with one attached hydrogen (secondary N) is 3. The first kappa shape index (κ1) is 25.9. The topological polar surface area (TPSA) is 79.5 Å². The lowest BCUT2D eigenvalue weighted by Gasteiger charge is -2.19. The Kier molecular flexibility index (Phi) is 7.55. The van der Waals surface area contributed by atoms with Gasteiger partial charge in [-0.15, -0.1) is 0 Å². The fourth-order valence-corrected chi connectivity index (χ4v) is 4.07. The zero-order valence-corrected chi connectivity index (χ0v) is 22.0. The van der Waals surface area contributed by atoms with Crippen LogP contribution in [0.5, 0.6) is 5.75 Å². The first-order valence-electron chi connectivity index (χ1n) is 11.8. The average molecular weight is 512 g/mol. The molecule has 4 rings (SSSR count). The quantitative estimate of drug-likeness (QED) is 0.266. The van der Waals surface area contributed by atoms with E-state index in [0.29, 0.717) is 28.3 Å². The second-order valence-corrected chi connectivity index (χ2v) is 10.1. The first-order chi connectivity index (χ1) is 17.6. The molecule has 0 fully saturated rings. The highest BCUT2D eigenvalue weighted by Gasteiger charge is 2.16. The van der Waals surface area contributed by atoms with Crippen LogP contribution in [0.2, 0.25) is 0 Å². The van der Waals surface area contributed by atoms with Crippen LogP contribution in [-0.2, 0) is 5.41 Å². The van der Waals surface area contributed by atoms with E-state index in [1.165, 1.54) is 12.7 Å². The number of carbonyl (C=O) groups is 2. The number of methoxy groups -OCH3 is 1. The maximum atomic E-state index is 12.9. The third-order valence-corrected chi connectivity index (χ3v) is 6.16. The fourth-order valence-electron chi connectivity index (χ4n) is 3.86. The van der Waals surface area contributed by atoms with Gasteiger partial charge in [-0.3, -0.25) is 14.9 Å². The zero-order valence-electron chi connectivity index (χ0n) is 21.2. The molecule has 4 aromatic rings. The van der Waals surface area contributed by atoms with Crippen LogP contribution in [-0.4, -0.2) is 24.0 Å². The predicted octanol–water partition coefficient (Wildman–Crippen LogP) is 6.53. The highest BCUT2D eigenvalue weighted by Crippen LogP contribution is 2.26. The number of rotatable bonds is 5. The molecular formula is C30H29N3O3S. The monoisotopic (exact) mass is 511 g/mol. The van der Waals surface area contributed by atoms with E-state index in [4.69, 9.17) is 17.0 Å². The van der Waals surface area contributed by atoms with Gasteiger partial charge < -0.3 is 15.4 Å². The van der Waals surface area contributed by atoms with Gasteiger partial charge in [0.25, 0.3) is 11.8 Å². The van der Waals surface area contributed by atoms with Crippen molar-refractivity contribution in [1.29, 1.82) is 0 Å². The molecule has 0 heterocycles. The highest BCUT2D eigenvalue weighted by atomic mass is 32.1. The standard InChI is InChI=1S/C30H29N3O3S/c1-30(2,3)22-11-9-19(10-12-22)27(34)31-23-13-15-24(16-14-23)32-29(37)33-28(35)25-17-20-7-5-6-8-21(20)18-26(25)36-4/h5-18H,1-4H3,(H,31,34)(H2,32,33,35,37). The summed E-state index contributed by atoms with van der Waals surface area (Å²) in [7, 11) is 1.53. The van der Waals surface area contributed by atoms with Crippen LogP contribution in [0.25, 0.3) is 10.8 Å². The van der Waals surface area contributed by atoms with E-state index in [1.807, 2.05) is 54.6 Å². The molecule has 0 spiro atoms. The van der Waals surface area contributed by atoms with Crippen molar-refractivity contribution in [2.45, 2.75) is 26.2 Å². The van der Waals surface area contributed by atoms with E-state index in [0.717, 1.165) is 10.8 Å². The van der Waals surface area contributed by atoms with Crippen molar-refractivity contribution >= 4 is 51.3 Å². The molecule has 0 radical (unpaired) electrons. The Morgan fingerprint density at radius 2 is 1.32 bits per heavy atom. The molecule has 188 valence electrons. The van der Waals surface area contributed by atoms with E-state index < -0.39 is 0 Å². The number of amides is 2. The molecule has 0 aromatic heterocycles. The Bertz CT molecular complexity index is 1460. The smallest absolute Gasteiger partial charge is 0.261 e. The summed E-state index contributed by atoms with van der Waals surface area (Å²) < 4.78 is 5.41. The maximum Gasteiger partial charge on any atom is 0.261 e. The van der Waals surface area contributed by atoms with Crippen LogP contribution in [0.1, 0.15) is 47.1 Å². The van der Waals surface area contributed by atoms with Gasteiger partial charge in [0.15, 0.2) is 5.11 Å². The lowest BCUT2D eigenvalue weighted by atomic mass is 9.87. The molecule has 0 saturated heterocycles. The molecule has 0 aliphatic rings. The molecule has 2 amide bonds. The van der Waals surface area contributed by atoms with E-state index in [1.54, 1.807) is 30.3 Å². The molecule has 4 aromatic carbocycles. The largest absolute Gasteiger partial charge is 0.496 e. The van der Waals surface area contributed by atoms with Crippen molar-refractivity contribution < 1.29 is 14.3 Å². The van der Waals surface area contributed by atoms with Crippen molar-refractivity contribution in [1.82, 2.24) is 5.32 Å². The number of hydrogen-bond donors (Lipinski definition) is 3. The summed E-state index contributed by atoms with van der Waals surface area (Å²) in [6.07, 6.45) is 0. The lowest BCUT2D eigenvalue weighted by molar-refractivity contribution is 0.0973. The third-order valence-electron chi connectivity index (χ3n) is 5.95. The molecule has 3 N–H and O–H groups in total. The molecule has 0 unspecified atom stereocenters. The van der Waals surface area contributed by atoms with Crippen LogP contribution < -0.4 is 20.7 Å². The van der Waals surface area contributed by atoms with Gasteiger partial charge >= 0.3 is 0 Å². The number of carbonyl (C=O) groups excluding carboxylic acids is 2. The predicted molar refractivity (Wildman–Crippen MR) is 154 cm³/mol. The van der Waals surface area contributed by atoms with Gasteiger partial charge in [-0.05, 0) is 82.5 Å². The van der Waals surface area contributed by atoms with Gasteiger partial charge in [0.1, 0.15) is 5.75 Å². The number of hydrogen-bond acceptors (Lipinski definition) is 4. The maximum absolute atomic E-state index is 12.9. The highest BCUT2D eigenvalue weighted by molar-refractivity contribution is 7.80. The first-order valence-corrected chi connectivity index (χ1v) is 12.3. The number of ether oxygens (including phenoxy) is 1. The molecule has 0 bridgehead atoms. The number of thiocarbonyl (C=S) groups is 1. The second kappa shape index (κ2) is 10.8. The number of fused-ring (bicyclic) bond motifs is 1. The van der Waals surface area contributed by atoms with Crippen LogP contribution in [0.3, 0.4) is 0 Å². The number of benzene rings is 4. The van der Waals surface area contributed by atoms with Crippen LogP contribution in [0, 0.1) is 0 Å². The Labute approximate surface area is 222 Å². The summed E-state index contributed by atoms with van der Waals surface area (Å²) in [5.74, 6) is -0.0955. The Balaban J connectivity index is 1.36. The van der Waals surface area contributed by atoms with Crippen LogP contribution in [0.4, 0.5) is 11.4 Å². The van der Waals surface area contributed by atoms with E-state index >= 15 is 0 Å². The van der Waals surface area contributed by atoms with E-state index in [-0.39, 0.29) is 22.3 Å². The van der Waals surface area contributed by atoms with Crippen molar-refractivity contribution in [3.63, 3.8) is 0 Å². The van der Waals surface area contributed by atoms with Gasteiger partial charge in [-0.1, -0.05) is 57.2 Å². The van der Waals surface area contributed by atoms with Crippen molar-refractivity contribution in [2.75, 3.05) is 17.7 Å². The Hall–Kier alpha value is -4.23. The minimum atomic E-state index is -0.374. The zero-order chi connectivity index (χ0) is 26.6. The summed E-state index contributed by atoms with van der Waals surface area (Å²) in [5, 5.41) is 10.6. The number of anilines is 2. The van der Waals surface area contributed by atoms with Gasteiger partial charge in [-0.25, -0.2) is 0 Å². The van der Waals surface area contributed by atoms with E-state index in [9.17, 15) is 9.59 Å².